The van der Waals surface area contributed by atoms with Gasteiger partial charge in [0.15, 0.2) is 11.4 Å². The first-order valence-electron chi connectivity index (χ1n) is 8.90. The van der Waals surface area contributed by atoms with E-state index in [0.29, 0.717) is 22.7 Å². The fourth-order valence-corrected chi connectivity index (χ4v) is 3.45. The fraction of sp³-hybridized carbons (Fsp3) is 0.0476. The Morgan fingerprint density at radius 2 is 1.93 bits per heavy atom. The predicted molar refractivity (Wildman–Crippen MR) is 110 cm³/mol. The van der Waals surface area contributed by atoms with Crippen LogP contribution in [0.1, 0.15) is 16.1 Å². The van der Waals surface area contributed by atoms with Gasteiger partial charge in [-0.15, -0.1) is 10.2 Å². The normalized spacial score (nSPS) is 11.2. The molecule has 0 aliphatic heterocycles. The van der Waals surface area contributed by atoms with Gasteiger partial charge in [-0.2, -0.15) is 4.98 Å². The number of anilines is 1. The lowest BCUT2D eigenvalue weighted by molar-refractivity contribution is 0.0995. The van der Waals surface area contributed by atoms with E-state index in [0.717, 1.165) is 16.5 Å². The molecule has 0 unspecified atom stereocenters. The molecule has 0 fully saturated rings. The summed E-state index contributed by atoms with van der Waals surface area (Å²) in [5.41, 5.74) is 3.27. The van der Waals surface area contributed by atoms with Crippen LogP contribution in [-0.2, 0) is 6.54 Å². The van der Waals surface area contributed by atoms with Gasteiger partial charge < -0.3 is 8.98 Å². The van der Waals surface area contributed by atoms with Crippen molar-refractivity contribution in [1.82, 2.24) is 19.7 Å². The van der Waals surface area contributed by atoms with Crippen molar-refractivity contribution in [3.8, 4) is 0 Å². The Kier molecular flexibility index (Phi) is 4.22. The monoisotopic (exact) mass is 403 g/mol. The van der Waals surface area contributed by atoms with Crippen LogP contribution in [-0.4, -0.2) is 25.7 Å². The van der Waals surface area contributed by atoms with E-state index < -0.39 is 5.91 Å². The summed E-state index contributed by atoms with van der Waals surface area (Å²) < 4.78 is 7.15. The lowest BCUT2D eigenvalue weighted by Gasteiger charge is -2.07. The van der Waals surface area contributed by atoms with Crippen molar-refractivity contribution in [3.05, 3.63) is 83.3 Å². The van der Waals surface area contributed by atoms with Crippen molar-refractivity contribution in [2.75, 3.05) is 5.32 Å². The van der Waals surface area contributed by atoms with Crippen molar-refractivity contribution in [3.63, 3.8) is 0 Å². The van der Waals surface area contributed by atoms with Crippen LogP contribution in [0.15, 0.2) is 71.3 Å². The number of aromatic nitrogens is 4. The Morgan fingerprint density at radius 3 is 2.72 bits per heavy atom. The van der Waals surface area contributed by atoms with Gasteiger partial charge in [0.25, 0.3) is 11.9 Å². The molecule has 0 radical (unpaired) electrons. The number of amides is 1. The number of nitrogens with zero attached hydrogens (tertiary/aromatic N) is 4. The molecule has 8 heteroatoms. The summed E-state index contributed by atoms with van der Waals surface area (Å²) >= 11 is 6.20. The molecular formula is C21H14ClN5O2. The molecule has 5 rings (SSSR count). The zero-order valence-corrected chi connectivity index (χ0v) is 15.8. The van der Waals surface area contributed by atoms with Crippen LogP contribution >= 0.6 is 11.6 Å². The maximum atomic E-state index is 12.3. The first-order chi connectivity index (χ1) is 14.2. The van der Waals surface area contributed by atoms with Gasteiger partial charge in [-0.25, -0.2) is 0 Å². The highest BCUT2D eigenvalue weighted by atomic mass is 35.5. The van der Waals surface area contributed by atoms with Crippen molar-refractivity contribution >= 4 is 45.5 Å². The Bertz CT molecular complexity index is 1330. The second-order valence-electron chi connectivity index (χ2n) is 6.47. The molecule has 0 bridgehead atoms. The van der Waals surface area contributed by atoms with Crippen molar-refractivity contribution in [1.29, 1.82) is 0 Å². The Morgan fingerprint density at radius 1 is 1.07 bits per heavy atom. The number of benzene rings is 2. The van der Waals surface area contributed by atoms with Crippen LogP contribution < -0.4 is 5.32 Å². The van der Waals surface area contributed by atoms with Crippen LogP contribution in [0, 0.1) is 0 Å². The number of halogens is 1. The van der Waals surface area contributed by atoms with Crippen LogP contribution in [0.25, 0.3) is 22.1 Å². The van der Waals surface area contributed by atoms with Gasteiger partial charge in [-0.1, -0.05) is 41.9 Å². The second-order valence-corrected chi connectivity index (χ2v) is 6.91. The lowest BCUT2D eigenvalue weighted by Crippen LogP contribution is -2.14. The van der Waals surface area contributed by atoms with Gasteiger partial charge in [0, 0.05) is 17.0 Å². The minimum absolute atomic E-state index is 0.0992. The van der Waals surface area contributed by atoms with E-state index in [9.17, 15) is 4.79 Å². The number of furan rings is 1. The molecule has 1 amide bonds. The van der Waals surface area contributed by atoms with Crippen LogP contribution in [0.2, 0.25) is 5.02 Å². The topological polar surface area (TPSA) is 85.8 Å². The summed E-state index contributed by atoms with van der Waals surface area (Å²) in [5, 5.41) is 12.5. The number of hydrogen-bond donors (Lipinski definition) is 1. The summed E-state index contributed by atoms with van der Waals surface area (Å²) in [6, 6.07) is 18.9. The predicted octanol–water partition coefficient (Wildman–Crippen LogP) is 4.53. The van der Waals surface area contributed by atoms with Gasteiger partial charge in [0.1, 0.15) is 5.52 Å². The van der Waals surface area contributed by atoms with Crippen molar-refractivity contribution in [2.24, 2.45) is 0 Å². The largest absolute Gasteiger partial charge is 0.459 e. The molecule has 0 atom stereocenters. The molecule has 0 aliphatic carbocycles. The molecule has 0 spiro atoms. The molecule has 2 aromatic carbocycles. The van der Waals surface area contributed by atoms with E-state index in [1.54, 1.807) is 12.1 Å². The maximum Gasteiger partial charge on any atom is 0.293 e. The SMILES string of the molecule is O=C(Nc1nnc2c3cc(Cl)ccc3n(Cc3ccccc3)c2n1)c1ccco1. The maximum absolute atomic E-state index is 12.3. The van der Waals surface area contributed by atoms with E-state index in [4.69, 9.17) is 16.0 Å². The average molecular weight is 404 g/mol. The summed E-state index contributed by atoms with van der Waals surface area (Å²) in [7, 11) is 0. The first-order valence-corrected chi connectivity index (χ1v) is 9.28. The zero-order valence-electron chi connectivity index (χ0n) is 15.0. The summed E-state index contributed by atoms with van der Waals surface area (Å²) in [5.74, 6) is -0.169. The Balaban J connectivity index is 1.64. The number of carbonyl (C=O) groups excluding carboxylic acids is 1. The smallest absolute Gasteiger partial charge is 0.293 e. The molecule has 0 aliphatic rings. The zero-order chi connectivity index (χ0) is 19.8. The molecule has 0 saturated heterocycles. The third kappa shape index (κ3) is 3.21. The van der Waals surface area contributed by atoms with Gasteiger partial charge in [-0.05, 0) is 35.9 Å². The van der Waals surface area contributed by atoms with Gasteiger partial charge >= 0.3 is 0 Å². The van der Waals surface area contributed by atoms with Crippen molar-refractivity contribution in [2.45, 2.75) is 6.54 Å². The molecule has 7 nitrogen and oxygen atoms in total. The van der Waals surface area contributed by atoms with E-state index >= 15 is 0 Å². The molecule has 3 heterocycles. The highest BCUT2D eigenvalue weighted by molar-refractivity contribution is 6.31. The van der Waals surface area contributed by atoms with Crippen molar-refractivity contribution < 1.29 is 9.21 Å². The summed E-state index contributed by atoms with van der Waals surface area (Å²) in [6.07, 6.45) is 1.43. The summed E-state index contributed by atoms with van der Waals surface area (Å²) in [4.78, 5) is 16.8. The van der Waals surface area contributed by atoms with E-state index in [1.807, 2.05) is 53.1 Å². The molecule has 3 aromatic heterocycles. The third-order valence-electron chi connectivity index (χ3n) is 4.58. The number of rotatable bonds is 4. The number of nitrogens with one attached hydrogen (secondary N) is 1. The number of hydrogen-bond acceptors (Lipinski definition) is 5. The quantitative estimate of drug-likeness (QED) is 0.476. The molecule has 1 N–H and O–H groups in total. The summed E-state index contributed by atoms with van der Waals surface area (Å²) in [6.45, 7) is 0.590. The molecule has 5 aromatic rings. The van der Waals surface area contributed by atoms with Gasteiger partial charge in [0.2, 0.25) is 0 Å². The van der Waals surface area contributed by atoms with Crippen LogP contribution in [0.3, 0.4) is 0 Å². The highest BCUT2D eigenvalue weighted by Crippen LogP contribution is 2.29. The minimum atomic E-state index is -0.440. The Hall–Kier alpha value is -3.71. The Labute approximate surface area is 169 Å². The molecule has 29 heavy (non-hydrogen) atoms. The minimum Gasteiger partial charge on any atom is -0.459 e. The average Bonchev–Trinajstić information content (AvgIpc) is 3.36. The van der Waals surface area contributed by atoms with Crippen LogP contribution in [0.5, 0.6) is 0 Å². The lowest BCUT2D eigenvalue weighted by atomic mass is 10.2. The number of fused-ring (bicyclic) bond motifs is 3. The molecular weight excluding hydrogens is 390 g/mol. The first kappa shape index (κ1) is 17.4. The van der Waals surface area contributed by atoms with E-state index in [1.165, 1.54) is 6.26 Å². The standard InChI is InChI=1S/C21H14ClN5O2/c22-14-8-9-16-15(11-14)18-19(27(16)12-13-5-2-1-3-6-13)23-21(26-25-18)24-20(28)17-7-4-10-29-17/h1-11H,12H2,(H,23,24,26,28). The highest BCUT2D eigenvalue weighted by Gasteiger charge is 2.17. The second kappa shape index (κ2) is 7.03. The fourth-order valence-electron chi connectivity index (χ4n) is 3.28. The third-order valence-corrected chi connectivity index (χ3v) is 4.82. The van der Waals surface area contributed by atoms with Gasteiger partial charge in [-0.3, -0.25) is 10.1 Å². The molecule has 0 saturated carbocycles. The molecule has 142 valence electrons. The van der Waals surface area contributed by atoms with E-state index in [2.05, 4.69) is 20.5 Å². The number of carbonyl (C=O) groups is 1. The van der Waals surface area contributed by atoms with Gasteiger partial charge in [0.05, 0.1) is 11.8 Å². The van der Waals surface area contributed by atoms with E-state index in [-0.39, 0.29) is 11.7 Å². The van der Waals surface area contributed by atoms with Crippen LogP contribution in [0.4, 0.5) is 5.95 Å².